The summed E-state index contributed by atoms with van der Waals surface area (Å²) >= 11 is 0. The fourth-order valence-corrected chi connectivity index (χ4v) is 1.08. The van der Waals surface area contributed by atoms with Crippen molar-refractivity contribution in [3.63, 3.8) is 0 Å². The van der Waals surface area contributed by atoms with Gasteiger partial charge in [-0.2, -0.15) is 0 Å². The molecule has 0 aromatic rings. The fourth-order valence-electron chi connectivity index (χ4n) is 1.08. The smallest absolute Gasteiger partial charge is 0.303 e. The highest BCUT2D eigenvalue weighted by molar-refractivity contribution is 5.80. The Labute approximate surface area is 89.5 Å². The van der Waals surface area contributed by atoms with Crippen LogP contribution in [0, 0.1) is 5.92 Å². The van der Waals surface area contributed by atoms with Crippen molar-refractivity contribution < 1.29 is 19.8 Å². The molecule has 0 aliphatic rings. The molecule has 1 amide bonds. The Balaban J connectivity index is 3.35. The molecule has 0 saturated carbocycles. The van der Waals surface area contributed by atoms with Crippen LogP contribution in [-0.4, -0.2) is 35.2 Å². The minimum absolute atomic E-state index is 0.0326. The first kappa shape index (κ1) is 13.9. The number of carbonyl (C=O) groups excluding carboxylic acids is 1. The lowest BCUT2D eigenvalue weighted by Crippen LogP contribution is -2.25. The molecule has 0 aliphatic heterocycles. The molecule has 0 rings (SSSR count). The molecule has 0 radical (unpaired) electrons. The van der Waals surface area contributed by atoms with Gasteiger partial charge in [0.15, 0.2) is 0 Å². The predicted molar refractivity (Wildman–Crippen MR) is 55.4 cm³/mol. The largest absolute Gasteiger partial charge is 0.481 e. The quantitative estimate of drug-likeness (QED) is 0.513. The molecule has 5 heteroatoms. The van der Waals surface area contributed by atoms with Crippen LogP contribution in [-0.2, 0) is 9.59 Å². The molecule has 0 bridgehead atoms. The van der Waals surface area contributed by atoms with Gasteiger partial charge in [0.25, 0.3) is 0 Å². The second-order valence-electron chi connectivity index (χ2n) is 3.67. The third kappa shape index (κ3) is 9.21. The topological polar surface area (TPSA) is 86.6 Å². The normalized spacial score (nSPS) is 12.1. The third-order valence-electron chi connectivity index (χ3n) is 2.07. The minimum atomic E-state index is -0.959. The van der Waals surface area contributed by atoms with Crippen molar-refractivity contribution in [3.8, 4) is 0 Å². The van der Waals surface area contributed by atoms with E-state index in [0.29, 0.717) is 6.54 Å². The van der Waals surface area contributed by atoms with E-state index in [0.717, 1.165) is 12.8 Å². The maximum Gasteiger partial charge on any atom is 0.303 e. The number of carboxylic acid groups (broad SMARTS) is 1. The summed E-state index contributed by atoms with van der Waals surface area (Å²) in [6.07, 6.45) is 1.57. The van der Waals surface area contributed by atoms with Crippen molar-refractivity contribution in [1.29, 1.82) is 0 Å². The highest BCUT2D eigenvalue weighted by atomic mass is 16.4. The van der Waals surface area contributed by atoms with Crippen LogP contribution in [0.15, 0.2) is 0 Å². The SMILES string of the molecule is CC(CO)CCCNC(=O)CCC(=O)O. The van der Waals surface area contributed by atoms with E-state index in [9.17, 15) is 9.59 Å². The van der Waals surface area contributed by atoms with Gasteiger partial charge < -0.3 is 15.5 Å². The molecule has 0 aliphatic carbocycles. The van der Waals surface area contributed by atoms with Crippen molar-refractivity contribution in [3.05, 3.63) is 0 Å². The number of aliphatic carboxylic acids is 1. The van der Waals surface area contributed by atoms with Crippen LogP contribution in [0.5, 0.6) is 0 Å². The number of carbonyl (C=O) groups is 2. The molecule has 5 nitrogen and oxygen atoms in total. The lowest BCUT2D eigenvalue weighted by atomic mass is 10.1. The summed E-state index contributed by atoms with van der Waals surface area (Å²) in [6.45, 7) is 2.64. The number of hydrogen-bond donors (Lipinski definition) is 3. The Hall–Kier alpha value is -1.10. The first-order valence-corrected chi connectivity index (χ1v) is 5.15. The summed E-state index contributed by atoms with van der Waals surface area (Å²) in [7, 11) is 0. The van der Waals surface area contributed by atoms with Crippen molar-refractivity contribution >= 4 is 11.9 Å². The number of carboxylic acids is 1. The van der Waals surface area contributed by atoms with Gasteiger partial charge >= 0.3 is 5.97 Å². The molecule has 3 N–H and O–H groups in total. The van der Waals surface area contributed by atoms with E-state index in [2.05, 4.69) is 5.32 Å². The maximum absolute atomic E-state index is 11.0. The van der Waals surface area contributed by atoms with Gasteiger partial charge in [-0.15, -0.1) is 0 Å². The summed E-state index contributed by atoms with van der Waals surface area (Å²) < 4.78 is 0. The zero-order valence-electron chi connectivity index (χ0n) is 9.03. The predicted octanol–water partition coefficient (Wildman–Crippen LogP) is 0.376. The fraction of sp³-hybridized carbons (Fsp3) is 0.800. The molecule has 0 fully saturated rings. The van der Waals surface area contributed by atoms with E-state index < -0.39 is 5.97 Å². The molecule has 15 heavy (non-hydrogen) atoms. The second-order valence-corrected chi connectivity index (χ2v) is 3.67. The average molecular weight is 217 g/mol. The standard InChI is InChI=1S/C10H19NO4/c1-8(7-12)3-2-6-11-9(13)4-5-10(14)15/h8,12H,2-7H2,1H3,(H,11,13)(H,14,15). The molecule has 0 heterocycles. The maximum atomic E-state index is 11.0. The Morgan fingerprint density at radius 3 is 2.53 bits per heavy atom. The van der Waals surface area contributed by atoms with Gasteiger partial charge in [0.1, 0.15) is 0 Å². The van der Waals surface area contributed by atoms with E-state index in [1.54, 1.807) is 0 Å². The van der Waals surface area contributed by atoms with Gasteiger partial charge in [0.2, 0.25) is 5.91 Å². The van der Waals surface area contributed by atoms with Gasteiger partial charge in [-0.25, -0.2) is 0 Å². The lowest BCUT2D eigenvalue weighted by Gasteiger charge is -2.07. The number of hydrogen-bond acceptors (Lipinski definition) is 3. The van der Waals surface area contributed by atoms with Crippen LogP contribution in [0.25, 0.3) is 0 Å². The van der Waals surface area contributed by atoms with Gasteiger partial charge in [0, 0.05) is 19.6 Å². The van der Waals surface area contributed by atoms with Gasteiger partial charge in [0.05, 0.1) is 6.42 Å². The van der Waals surface area contributed by atoms with E-state index >= 15 is 0 Å². The van der Waals surface area contributed by atoms with E-state index in [1.165, 1.54) is 0 Å². The van der Waals surface area contributed by atoms with Gasteiger partial charge in [-0.1, -0.05) is 6.92 Å². The Morgan fingerprint density at radius 2 is 2.00 bits per heavy atom. The summed E-state index contributed by atoms with van der Waals surface area (Å²) in [5.74, 6) is -0.936. The summed E-state index contributed by atoms with van der Waals surface area (Å²) in [6, 6.07) is 0. The molecule has 0 saturated heterocycles. The van der Waals surface area contributed by atoms with Crippen molar-refractivity contribution in [2.75, 3.05) is 13.2 Å². The number of rotatable bonds is 8. The van der Waals surface area contributed by atoms with E-state index in [1.807, 2.05) is 6.92 Å². The molecular formula is C10H19NO4. The van der Waals surface area contributed by atoms with Gasteiger partial charge in [-0.05, 0) is 18.8 Å². The van der Waals surface area contributed by atoms with E-state index in [-0.39, 0.29) is 31.3 Å². The van der Waals surface area contributed by atoms with E-state index in [4.69, 9.17) is 10.2 Å². The zero-order valence-corrected chi connectivity index (χ0v) is 9.03. The molecule has 1 atom stereocenters. The van der Waals surface area contributed by atoms with Crippen molar-refractivity contribution in [1.82, 2.24) is 5.32 Å². The molecule has 1 unspecified atom stereocenters. The third-order valence-corrected chi connectivity index (χ3v) is 2.07. The van der Waals surface area contributed by atoms with Crippen LogP contribution >= 0.6 is 0 Å². The number of nitrogens with one attached hydrogen (secondary N) is 1. The van der Waals surface area contributed by atoms with Crippen LogP contribution in [0.3, 0.4) is 0 Å². The van der Waals surface area contributed by atoms with Crippen LogP contribution in [0.1, 0.15) is 32.6 Å². The molecule has 88 valence electrons. The molecule has 0 aromatic heterocycles. The highest BCUT2D eigenvalue weighted by Crippen LogP contribution is 2.02. The monoisotopic (exact) mass is 217 g/mol. The first-order valence-electron chi connectivity index (χ1n) is 5.15. The minimum Gasteiger partial charge on any atom is -0.481 e. The molecule has 0 spiro atoms. The summed E-state index contributed by atoms with van der Waals surface area (Å²) in [5, 5.41) is 19.7. The zero-order chi connectivity index (χ0) is 11.7. The lowest BCUT2D eigenvalue weighted by molar-refractivity contribution is -0.138. The van der Waals surface area contributed by atoms with Crippen molar-refractivity contribution in [2.24, 2.45) is 5.92 Å². The highest BCUT2D eigenvalue weighted by Gasteiger charge is 2.05. The Kier molecular flexibility index (Phi) is 7.62. The van der Waals surface area contributed by atoms with Gasteiger partial charge in [-0.3, -0.25) is 9.59 Å². The number of aliphatic hydroxyl groups excluding tert-OH is 1. The Bertz CT molecular complexity index is 206. The first-order chi connectivity index (χ1) is 7.06. The number of aliphatic hydroxyl groups is 1. The number of amides is 1. The second kappa shape index (κ2) is 8.23. The summed E-state index contributed by atoms with van der Waals surface area (Å²) in [4.78, 5) is 21.2. The average Bonchev–Trinajstić information content (AvgIpc) is 2.21. The van der Waals surface area contributed by atoms with Crippen molar-refractivity contribution in [2.45, 2.75) is 32.6 Å². The van der Waals surface area contributed by atoms with Crippen LogP contribution in [0.2, 0.25) is 0 Å². The Morgan fingerprint density at radius 1 is 1.33 bits per heavy atom. The molecular weight excluding hydrogens is 198 g/mol. The summed E-state index contributed by atoms with van der Waals surface area (Å²) in [5.41, 5.74) is 0. The van der Waals surface area contributed by atoms with Crippen LogP contribution in [0.4, 0.5) is 0 Å². The van der Waals surface area contributed by atoms with Crippen LogP contribution < -0.4 is 5.32 Å². The molecule has 0 aromatic carbocycles.